The van der Waals surface area contributed by atoms with Gasteiger partial charge in [0.05, 0.1) is 11.0 Å². The molecule has 0 saturated heterocycles. The maximum absolute atomic E-state index is 6.28. The number of hydrogen-bond acceptors (Lipinski definition) is 2. The van der Waals surface area contributed by atoms with E-state index >= 15 is 0 Å². The minimum absolute atomic E-state index is 0.0274. The molecule has 1 unspecified atom stereocenters. The molecule has 0 aliphatic rings. The molecule has 3 heteroatoms. The van der Waals surface area contributed by atoms with Gasteiger partial charge in [0.2, 0.25) is 0 Å². The van der Waals surface area contributed by atoms with Crippen molar-refractivity contribution >= 4 is 11.0 Å². The Hall–Kier alpha value is -2.29. The van der Waals surface area contributed by atoms with E-state index < -0.39 is 0 Å². The highest BCUT2D eigenvalue weighted by atomic mass is 16.5. The van der Waals surface area contributed by atoms with Crippen molar-refractivity contribution in [2.75, 3.05) is 0 Å². The van der Waals surface area contributed by atoms with E-state index in [0.717, 1.165) is 30.1 Å². The van der Waals surface area contributed by atoms with Crippen LogP contribution in [0.4, 0.5) is 0 Å². The summed E-state index contributed by atoms with van der Waals surface area (Å²) in [5.41, 5.74) is 2.28. The van der Waals surface area contributed by atoms with Crippen LogP contribution in [0, 0.1) is 0 Å². The largest absolute Gasteiger partial charge is 0.483 e. The average molecular weight is 351 g/mol. The lowest BCUT2D eigenvalue weighted by molar-refractivity contribution is 0.186. The third kappa shape index (κ3) is 4.46. The zero-order valence-electron chi connectivity index (χ0n) is 16.0. The molecular weight excluding hydrogens is 320 g/mol. The maximum atomic E-state index is 6.28. The lowest BCUT2D eigenvalue weighted by atomic mass is 10.1. The Balaban J connectivity index is 1.84. The number of rotatable bonds is 10. The first-order valence-corrected chi connectivity index (χ1v) is 10.00. The summed E-state index contributed by atoms with van der Waals surface area (Å²) in [4.78, 5) is 4.93. The molecule has 0 N–H and O–H groups in total. The molecule has 2 aromatic carbocycles. The van der Waals surface area contributed by atoms with E-state index in [1.54, 1.807) is 0 Å². The first kappa shape index (κ1) is 18.5. The Morgan fingerprint density at radius 2 is 1.62 bits per heavy atom. The number of ether oxygens (including phenoxy) is 1. The van der Waals surface area contributed by atoms with E-state index in [4.69, 9.17) is 9.72 Å². The van der Waals surface area contributed by atoms with Gasteiger partial charge in [-0.05, 0) is 37.1 Å². The molecule has 0 aliphatic carbocycles. The van der Waals surface area contributed by atoms with Gasteiger partial charge in [-0.2, -0.15) is 0 Å². The van der Waals surface area contributed by atoms with Crippen molar-refractivity contribution in [1.29, 1.82) is 0 Å². The highest BCUT2D eigenvalue weighted by Gasteiger charge is 2.20. The minimum atomic E-state index is -0.0274. The van der Waals surface area contributed by atoms with Gasteiger partial charge in [-0.15, -0.1) is 0 Å². The second kappa shape index (κ2) is 9.42. The van der Waals surface area contributed by atoms with Gasteiger partial charge in [0.15, 0.2) is 11.9 Å². The van der Waals surface area contributed by atoms with Crippen LogP contribution in [0.2, 0.25) is 0 Å². The minimum Gasteiger partial charge on any atom is -0.483 e. The number of unbranched alkanes of at least 4 members (excludes halogenated alkanes) is 4. The van der Waals surface area contributed by atoms with Gasteiger partial charge in [-0.3, -0.25) is 0 Å². The van der Waals surface area contributed by atoms with Crippen LogP contribution in [0.3, 0.4) is 0 Å². The maximum Gasteiger partial charge on any atom is 0.156 e. The average Bonchev–Trinajstić information content (AvgIpc) is 3.05. The summed E-state index contributed by atoms with van der Waals surface area (Å²) in [5.74, 6) is 1.95. The fourth-order valence-electron chi connectivity index (χ4n) is 3.43. The lowest BCUT2D eigenvalue weighted by Gasteiger charge is -2.19. The number of imidazole rings is 1. The molecule has 26 heavy (non-hydrogen) atoms. The van der Waals surface area contributed by atoms with Crippen molar-refractivity contribution < 1.29 is 4.74 Å². The highest BCUT2D eigenvalue weighted by molar-refractivity contribution is 5.76. The van der Waals surface area contributed by atoms with Crippen molar-refractivity contribution in [2.24, 2.45) is 0 Å². The number of fused-ring (bicyclic) bond motifs is 1. The summed E-state index contributed by atoms with van der Waals surface area (Å²) in [5, 5.41) is 0. The Labute approximate surface area is 157 Å². The lowest BCUT2D eigenvalue weighted by Crippen LogP contribution is -2.14. The van der Waals surface area contributed by atoms with E-state index in [2.05, 4.69) is 42.7 Å². The molecule has 0 saturated carbocycles. The zero-order chi connectivity index (χ0) is 18.2. The van der Waals surface area contributed by atoms with Crippen LogP contribution in [-0.4, -0.2) is 9.55 Å². The number of aromatic nitrogens is 2. The number of benzene rings is 2. The molecule has 3 rings (SSSR count). The predicted molar refractivity (Wildman–Crippen MR) is 109 cm³/mol. The van der Waals surface area contributed by atoms with Gasteiger partial charge in [-0.25, -0.2) is 4.98 Å². The summed E-state index contributed by atoms with van der Waals surface area (Å²) < 4.78 is 8.65. The number of hydrogen-bond donors (Lipinski definition) is 0. The molecule has 1 atom stereocenters. The van der Waals surface area contributed by atoms with Crippen molar-refractivity contribution in [3.8, 4) is 5.75 Å². The van der Waals surface area contributed by atoms with Crippen molar-refractivity contribution in [3.63, 3.8) is 0 Å². The van der Waals surface area contributed by atoms with E-state index in [-0.39, 0.29) is 6.10 Å². The predicted octanol–water partition coefficient (Wildman–Crippen LogP) is 6.54. The Morgan fingerprint density at radius 1 is 0.885 bits per heavy atom. The van der Waals surface area contributed by atoms with Gasteiger partial charge in [0.25, 0.3) is 0 Å². The Morgan fingerprint density at radius 3 is 2.38 bits per heavy atom. The molecule has 3 aromatic rings. The normalized spacial score (nSPS) is 12.4. The van der Waals surface area contributed by atoms with Crippen molar-refractivity contribution in [1.82, 2.24) is 9.55 Å². The third-order valence-electron chi connectivity index (χ3n) is 4.85. The second-order valence-electron chi connectivity index (χ2n) is 6.85. The summed E-state index contributed by atoms with van der Waals surface area (Å²) in [7, 11) is 0. The molecule has 0 spiro atoms. The summed E-state index contributed by atoms with van der Waals surface area (Å²) in [6, 6.07) is 18.5. The molecule has 3 nitrogen and oxygen atoms in total. The molecule has 0 bridgehead atoms. The number of para-hydroxylation sites is 3. The van der Waals surface area contributed by atoms with E-state index in [9.17, 15) is 0 Å². The summed E-state index contributed by atoms with van der Waals surface area (Å²) in [6.45, 7) is 5.43. The van der Waals surface area contributed by atoms with Crippen LogP contribution >= 0.6 is 0 Å². The molecule has 0 fully saturated rings. The monoisotopic (exact) mass is 350 g/mol. The van der Waals surface area contributed by atoms with Crippen LogP contribution in [-0.2, 0) is 6.54 Å². The van der Waals surface area contributed by atoms with Gasteiger partial charge < -0.3 is 9.30 Å². The van der Waals surface area contributed by atoms with Crippen LogP contribution in [0.1, 0.15) is 64.3 Å². The Kier molecular flexibility index (Phi) is 6.70. The van der Waals surface area contributed by atoms with Crippen LogP contribution in [0.25, 0.3) is 11.0 Å². The van der Waals surface area contributed by atoms with Gasteiger partial charge >= 0.3 is 0 Å². The fourth-order valence-corrected chi connectivity index (χ4v) is 3.43. The van der Waals surface area contributed by atoms with Gasteiger partial charge in [0, 0.05) is 6.54 Å². The second-order valence-corrected chi connectivity index (χ2v) is 6.85. The van der Waals surface area contributed by atoms with Gasteiger partial charge in [-0.1, -0.05) is 69.9 Å². The van der Waals surface area contributed by atoms with Crippen LogP contribution < -0.4 is 4.74 Å². The zero-order valence-corrected chi connectivity index (χ0v) is 16.0. The van der Waals surface area contributed by atoms with Crippen molar-refractivity contribution in [2.45, 2.75) is 65.0 Å². The molecule has 0 radical (unpaired) electrons. The highest BCUT2D eigenvalue weighted by Crippen LogP contribution is 2.28. The van der Waals surface area contributed by atoms with Crippen molar-refractivity contribution in [3.05, 3.63) is 60.4 Å². The molecule has 0 amide bonds. The number of aryl methyl sites for hydroxylation is 1. The van der Waals surface area contributed by atoms with Gasteiger partial charge in [0.1, 0.15) is 5.75 Å². The Bertz CT molecular complexity index is 794. The van der Waals surface area contributed by atoms with E-state index in [1.165, 1.54) is 37.6 Å². The third-order valence-corrected chi connectivity index (χ3v) is 4.85. The smallest absolute Gasteiger partial charge is 0.156 e. The molecule has 138 valence electrons. The summed E-state index contributed by atoms with van der Waals surface area (Å²) in [6.07, 6.45) is 7.25. The molecule has 1 heterocycles. The standard InChI is InChI=1S/C23H30N2O/c1-3-5-6-7-13-18-25-21-17-12-11-16-20(21)24-23(25)22(4-2)26-19-14-9-8-10-15-19/h8-12,14-17,22H,3-7,13,18H2,1-2H3. The van der Waals surface area contributed by atoms with E-state index in [1.807, 2.05) is 30.3 Å². The first-order valence-electron chi connectivity index (χ1n) is 10.00. The quantitative estimate of drug-likeness (QED) is 0.388. The van der Waals surface area contributed by atoms with Crippen LogP contribution in [0.15, 0.2) is 54.6 Å². The number of nitrogens with zero attached hydrogens (tertiary/aromatic N) is 2. The molecular formula is C23H30N2O. The summed E-state index contributed by atoms with van der Waals surface area (Å²) >= 11 is 0. The first-order chi connectivity index (χ1) is 12.8. The van der Waals surface area contributed by atoms with Crippen LogP contribution in [0.5, 0.6) is 5.75 Å². The molecule has 0 aliphatic heterocycles. The topological polar surface area (TPSA) is 27.1 Å². The molecule has 1 aromatic heterocycles. The fraction of sp³-hybridized carbons (Fsp3) is 0.435. The SMILES string of the molecule is CCCCCCCn1c(C(CC)Oc2ccccc2)nc2ccccc21. The van der Waals surface area contributed by atoms with E-state index in [0.29, 0.717) is 0 Å².